The normalized spacial score (nSPS) is 11.9. The van der Waals surface area contributed by atoms with Crippen molar-refractivity contribution in [2.75, 3.05) is 0 Å². The van der Waals surface area contributed by atoms with Crippen LogP contribution in [0.4, 0.5) is 0 Å². The maximum Gasteiger partial charge on any atom is 0.193 e. The Labute approximate surface area is 208 Å². The summed E-state index contributed by atoms with van der Waals surface area (Å²) in [6.45, 7) is 0.385. The van der Waals surface area contributed by atoms with Crippen LogP contribution in [-0.4, -0.2) is 14.5 Å². The van der Waals surface area contributed by atoms with E-state index in [1.54, 1.807) is 36.5 Å². The van der Waals surface area contributed by atoms with Crippen LogP contribution in [0.15, 0.2) is 105 Å². The lowest BCUT2D eigenvalue weighted by molar-refractivity contribution is 0.305. The molecule has 0 fully saturated rings. The first-order chi connectivity index (χ1) is 16.7. The van der Waals surface area contributed by atoms with E-state index < -0.39 is 0 Å². The van der Waals surface area contributed by atoms with Gasteiger partial charge in [-0.15, -0.1) is 0 Å². The predicted molar refractivity (Wildman–Crippen MR) is 137 cm³/mol. The van der Waals surface area contributed by atoms with Gasteiger partial charge in [0.25, 0.3) is 0 Å². The number of ether oxygens (including phenoxy) is 1. The minimum absolute atomic E-state index is 0.0160. The average Bonchev–Trinajstić information content (AvgIpc) is 2.87. The lowest BCUT2D eigenvalue weighted by Crippen LogP contribution is -2.17. The van der Waals surface area contributed by atoms with Gasteiger partial charge in [0.15, 0.2) is 5.43 Å². The number of benzene rings is 2. The topological polar surface area (TPSA) is 57.0 Å². The number of nitrogens with zero attached hydrogens (tertiary/aromatic N) is 3. The van der Waals surface area contributed by atoms with Gasteiger partial charge in [0.2, 0.25) is 0 Å². The largest absolute Gasteiger partial charge is 0.489 e. The molecular weight excluding hydrogens is 510 g/mol. The quantitative estimate of drug-likeness (QED) is 0.268. The number of rotatable bonds is 5. The van der Waals surface area contributed by atoms with Gasteiger partial charge >= 0.3 is 0 Å². The molecule has 0 aliphatic carbocycles. The Morgan fingerprint density at radius 3 is 2.50 bits per heavy atom. The molecule has 166 valence electrons. The van der Waals surface area contributed by atoms with Crippen molar-refractivity contribution in [3.05, 3.63) is 117 Å². The van der Waals surface area contributed by atoms with Crippen LogP contribution in [0.25, 0.3) is 16.6 Å². The zero-order valence-corrected chi connectivity index (χ0v) is 20.3. The summed E-state index contributed by atoms with van der Waals surface area (Å²) >= 11 is 5.26. The molecule has 3 aromatic heterocycles. The van der Waals surface area contributed by atoms with Gasteiger partial charge in [-0.05, 0) is 48.0 Å². The standard InChI is InChI=1S/C27H18BrN3O2S/c28-20-5-6-24-23(10-20)31-15-19(9-17-3-1-7-29-13-17)27(32)22-11-21(12-25(34-24)26(22)31)33-16-18-4-2-8-30-14-18/h1-8,10-15H,9,16H2. The number of hydrogen-bond donors (Lipinski definition) is 0. The fourth-order valence-electron chi connectivity index (χ4n) is 4.19. The second kappa shape index (κ2) is 8.74. The molecule has 0 saturated heterocycles. The van der Waals surface area contributed by atoms with E-state index in [2.05, 4.69) is 42.6 Å². The lowest BCUT2D eigenvalue weighted by Gasteiger charge is -2.24. The summed E-state index contributed by atoms with van der Waals surface area (Å²) in [5.74, 6) is 0.668. The second-order valence-electron chi connectivity index (χ2n) is 8.07. The van der Waals surface area contributed by atoms with Crippen molar-refractivity contribution in [1.29, 1.82) is 0 Å². The monoisotopic (exact) mass is 527 g/mol. The Morgan fingerprint density at radius 1 is 0.941 bits per heavy atom. The van der Waals surface area contributed by atoms with Crippen LogP contribution < -0.4 is 10.2 Å². The van der Waals surface area contributed by atoms with Crippen LogP contribution >= 0.6 is 27.7 Å². The molecule has 0 N–H and O–H groups in total. The van der Waals surface area contributed by atoms with Crippen molar-refractivity contribution in [3.8, 4) is 11.4 Å². The third kappa shape index (κ3) is 3.91. The van der Waals surface area contributed by atoms with E-state index in [9.17, 15) is 4.79 Å². The van der Waals surface area contributed by atoms with Gasteiger partial charge in [0.05, 0.1) is 16.6 Å². The number of aromatic nitrogens is 3. The minimum atomic E-state index is 0.0160. The second-order valence-corrected chi connectivity index (χ2v) is 10.1. The predicted octanol–water partition coefficient (Wildman–Crippen LogP) is 6.18. The summed E-state index contributed by atoms with van der Waals surface area (Å²) < 4.78 is 9.24. The fraction of sp³-hybridized carbons (Fsp3) is 0.0741. The van der Waals surface area contributed by atoms with Crippen molar-refractivity contribution < 1.29 is 4.74 Å². The molecule has 1 aliphatic heterocycles. The minimum Gasteiger partial charge on any atom is -0.489 e. The van der Waals surface area contributed by atoms with E-state index >= 15 is 0 Å². The van der Waals surface area contributed by atoms with E-state index in [0.717, 1.165) is 36.6 Å². The molecule has 6 rings (SSSR count). The van der Waals surface area contributed by atoms with Gasteiger partial charge in [-0.25, -0.2) is 0 Å². The van der Waals surface area contributed by atoms with Crippen LogP contribution in [0.1, 0.15) is 16.7 Å². The highest BCUT2D eigenvalue weighted by Crippen LogP contribution is 2.44. The summed E-state index contributed by atoms with van der Waals surface area (Å²) in [6, 6.07) is 17.9. The molecule has 0 spiro atoms. The van der Waals surface area contributed by atoms with Crippen molar-refractivity contribution in [1.82, 2.24) is 14.5 Å². The molecule has 0 saturated carbocycles. The van der Waals surface area contributed by atoms with E-state index in [1.165, 1.54) is 0 Å². The lowest BCUT2D eigenvalue weighted by atomic mass is 10.0. The Morgan fingerprint density at radius 2 is 1.74 bits per heavy atom. The molecule has 0 radical (unpaired) electrons. The maximum absolute atomic E-state index is 13.7. The Kier molecular flexibility index (Phi) is 5.43. The van der Waals surface area contributed by atoms with E-state index in [0.29, 0.717) is 29.7 Å². The van der Waals surface area contributed by atoms with Gasteiger partial charge in [-0.1, -0.05) is 39.8 Å². The van der Waals surface area contributed by atoms with Gasteiger partial charge in [-0.2, -0.15) is 0 Å². The van der Waals surface area contributed by atoms with Gasteiger partial charge in [0, 0.05) is 62.8 Å². The summed E-state index contributed by atoms with van der Waals surface area (Å²) in [7, 11) is 0. The van der Waals surface area contributed by atoms with Crippen molar-refractivity contribution in [3.63, 3.8) is 0 Å². The summed E-state index contributed by atoms with van der Waals surface area (Å²) in [6.07, 6.45) is 9.55. The highest BCUT2D eigenvalue weighted by molar-refractivity contribution is 9.10. The van der Waals surface area contributed by atoms with E-state index in [-0.39, 0.29) is 5.43 Å². The van der Waals surface area contributed by atoms with E-state index in [1.807, 2.05) is 48.7 Å². The van der Waals surface area contributed by atoms with Crippen LogP contribution in [0, 0.1) is 0 Å². The molecule has 1 aliphatic rings. The van der Waals surface area contributed by atoms with Gasteiger partial charge in [-0.3, -0.25) is 14.8 Å². The molecule has 0 atom stereocenters. The van der Waals surface area contributed by atoms with Crippen LogP contribution in [0.5, 0.6) is 5.75 Å². The molecule has 0 bridgehead atoms. The summed E-state index contributed by atoms with van der Waals surface area (Å²) in [5, 5.41) is 0.651. The summed E-state index contributed by atoms with van der Waals surface area (Å²) in [5.41, 5.74) is 4.66. The average molecular weight is 528 g/mol. The first-order valence-corrected chi connectivity index (χ1v) is 12.4. The highest BCUT2D eigenvalue weighted by atomic mass is 79.9. The number of hydrogen-bond acceptors (Lipinski definition) is 5. The fourth-order valence-corrected chi connectivity index (χ4v) is 5.65. The highest BCUT2D eigenvalue weighted by Gasteiger charge is 2.23. The number of fused-ring (bicyclic) bond motifs is 2. The Bertz CT molecular complexity index is 1590. The number of halogens is 1. The van der Waals surface area contributed by atoms with Crippen LogP contribution in [0.3, 0.4) is 0 Å². The summed E-state index contributed by atoms with van der Waals surface area (Å²) in [4.78, 5) is 24.2. The Balaban J connectivity index is 1.52. The van der Waals surface area contributed by atoms with Gasteiger partial charge < -0.3 is 9.30 Å². The van der Waals surface area contributed by atoms with Crippen molar-refractivity contribution in [2.45, 2.75) is 22.8 Å². The smallest absolute Gasteiger partial charge is 0.193 e. The molecule has 5 aromatic rings. The zero-order chi connectivity index (χ0) is 23.1. The molecule has 0 amide bonds. The van der Waals surface area contributed by atoms with E-state index in [4.69, 9.17) is 4.74 Å². The SMILES string of the molecule is O=c1c(Cc2cccnc2)cn2c3c(cc(OCc4cccnc4)cc13)Sc1ccc(Br)cc1-2. The molecule has 34 heavy (non-hydrogen) atoms. The molecule has 5 nitrogen and oxygen atoms in total. The third-order valence-electron chi connectivity index (χ3n) is 5.76. The number of pyridine rings is 3. The van der Waals surface area contributed by atoms with Crippen LogP contribution in [-0.2, 0) is 13.0 Å². The van der Waals surface area contributed by atoms with Gasteiger partial charge in [0.1, 0.15) is 12.4 Å². The molecular formula is C27H18BrN3O2S. The Hall–Kier alpha value is -3.42. The molecule has 2 aromatic carbocycles. The maximum atomic E-state index is 13.7. The van der Waals surface area contributed by atoms with Crippen molar-refractivity contribution in [2.24, 2.45) is 0 Å². The molecule has 4 heterocycles. The first kappa shape index (κ1) is 21.1. The zero-order valence-electron chi connectivity index (χ0n) is 17.9. The molecule has 7 heteroatoms. The first-order valence-electron chi connectivity index (χ1n) is 10.8. The molecule has 0 unspecified atom stereocenters. The third-order valence-corrected chi connectivity index (χ3v) is 7.35. The van der Waals surface area contributed by atoms with Crippen molar-refractivity contribution >= 4 is 38.6 Å². The van der Waals surface area contributed by atoms with Crippen LogP contribution in [0.2, 0.25) is 0 Å².